The van der Waals surface area contributed by atoms with Crippen molar-refractivity contribution in [3.8, 4) is 0 Å². The first kappa shape index (κ1) is 28.6. The Kier molecular flexibility index (Phi) is 13.1. The second-order valence-corrected chi connectivity index (χ2v) is 8.19. The lowest BCUT2D eigenvalue weighted by Crippen LogP contribution is -2.41. The number of hydrogen-bond acceptors (Lipinski definition) is 3. The molecule has 1 N–H and O–H groups in total. The summed E-state index contributed by atoms with van der Waals surface area (Å²) in [6.07, 6.45) is 10.7. The maximum atomic E-state index is 13.8. The SMILES string of the molecule is CCCCCCCCC(CCCCNc1c(F)c(F)c(F)c(F)c1F)C(CC)(OC)OC. The Bertz CT molecular complexity index is 646. The second kappa shape index (κ2) is 14.7. The van der Waals surface area contributed by atoms with E-state index in [1.807, 2.05) is 6.92 Å². The van der Waals surface area contributed by atoms with Crippen molar-refractivity contribution in [3.63, 3.8) is 0 Å². The lowest BCUT2D eigenvalue weighted by atomic mass is 9.85. The highest BCUT2D eigenvalue weighted by atomic mass is 19.2. The third-order valence-corrected chi connectivity index (χ3v) is 6.20. The number of anilines is 1. The molecule has 0 fully saturated rings. The van der Waals surface area contributed by atoms with Crippen LogP contribution in [0.5, 0.6) is 0 Å². The van der Waals surface area contributed by atoms with Crippen LogP contribution in [0.15, 0.2) is 0 Å². The Morgan fingerprint density at radius 1 is 0.688 bits per heavy atom. The molecule has 0 bridgehead atoms. The van der Waals surface area contributed by atoms with Gasteiger partial charge in [-0.25, -0.2) is 22.0 Å². The Morgan fingerprint density at radius 2 is 1.16 bits per heavy atom. The summed E-state index contributed by atoms with van der Waals surface area (Å²) in [5.41, 5.74) is -0.985. The van der Waals surface area contributed by atoms with Gasteiger partial charge in [0.1, 0.15) is 5.69 Å². The molecule has 0 aliphatic heterocycles. The van der Waals surface area contributed by atoms with Crippen LogP contribution >= 0.6 is 0 Å². The summed E-state index contributed by atoms with van der Waals surface area (Å²) >= 11 is 0. The Morgan fingerprint density at radius 3 is 1.66 bits per heavy atom. The summed E-state index contributed by atoms with van der Waals surface area (Å²) < 4.78 is 78.8. The second-order valence-electron chi connectivity index (χ2n) is 8.19. The molecule has 0 spiro atoms. The Balaban J connectivity index is 2.63. The van der Waals surface area contributed by atoms with E-state index in [-0.39, 0.29) is 12.5 Å². The van der Waals surface area contributed by atoms with Crippen molar-refractivity contribution in [2.75, 3.05) is 26.1 Å². The zero-order chi connectivity index (χ0) is 24.1. The molecule has 8 heteroatoms. The number of nitrogens with one attached hydrogen (secondary N) is 1. The monoisotopic (exact) mass is 467 g/mol. The van der Waals surface area contributed by atoms with Gasteiger partial charge in [0.2, 0.25) is 5.82 Å². The summed E-state index contributed by atoms with van der Waals surface area (Å²) in [5, 5.41) is 2.36. The van der Waals surface area contributed by atoms with Gasteiger partial charge in [0.15, 0.2) is 29.1 Å². The molecule has 1 aromatic carbocycles. The highest BCUT2D eigenvalue weighted by Crippen LogP contribution is 2.35. The van der Waals surface area contributed by atoms with E-state index in [2.05, 4.69) is 12.2 Å². The molecule has 0 radical (unpaired) electrons. The molecule has 1 aromatic rings. The number of ether oxygens (including phenoxy) is 2. The van der Waals surface area contributed by atoms with E-state index >= 15 is 0 Å². The molecule has 1 rings (SSSR count). The average Bonchev–Trinajstić information content (AvgIpc) is 2.81. The van der Waals surface area contributed by atoms with Gasteiger partial charge in [-0.2, -0.15) is 0 Å². The van der Waals surface area contributed by atoms with Crippen LogP contribution in [-0.4, -0.2) is 26.6 Å². The fourth-order valence-electron chi connectivity index (χ4n) is 4.24. The van der Waals surface area contributed by atoms with Gasteiger partial charge >= 0.3 is 0 Å². The Hall–Kier alpha value is -1.41. The average molecular weight is 468 g/mol. The molecule has 0 saturated carbocycles. The molecule has 32 heavy (non-hydrogen) atoms. The first-order valence-corrected chi connectivity index (χ1v) is 11.6. The quantitative estimate of drug-likeness (QED) is 0.0836. The van der Waals surface area contributed by atoms with Gasteiger partial charge < -0.3 is 14.8 Å². The zero-order valence-corrected chi connectivity index (χ0v) is 19.8. The molecule has 1 unspecified atom stereocenters. The molecule has 0 aromatic heterocycles. The maximum absolute atomic E-state index is 13.8. The van der Waals surface area contributed by atoms with Gasteiger partial charge in [-0.1, -0.05) is 58.8 Å². The van der Waals surface area contributed by atoms with Crippen LogP contribution in [-0.2, 0) is 9.47 Å². The van der Waals surface area contributed by atoms with Crippen LogP contribution in [0, 0.1) is 35.0 Å². The molecule has 3 nitrogen and oxygen atoms in total. The third kappa shape index (κ3) is 7.58. The third-order valence-electron chi connectivity index (χ3n) is 6.20. The van der Waals surface area contributed by atoms with Crippen molar-refractivity contribution in [2.24, 2.45) is 5.92 Å². The van der Waals surface area contributed by atoms with Gasteiger partial charge in [0, 0.05) is 26.7 Å². The van der Waals surface area contributed by atoms with Gasteiger partial charge in [-0.3, -0.25) is 0 Å². The van der Waals surface area contributed by atoms with E-state index in [0.717, 1.165) is 25.7 Å². The van der Waals surface area contributed by atoms with E-state index in [1.165, 1.54) is 25.7 Å². The van der Waals surface area contributed by atoms with Gasteiger partial charge in [0.05, 0.1) is 0 Å². The first-order chi connectivity index (χ1) is 15.3. The number of halogens is 5. The summed E-state index contributed by atoms with van der Waals surface area (Å²) in [7, 11) is 3.26. The van der Waals surface area contributed by atoms with Gasteiger partial charge in [-0.15, -0.1) is 0 Å². The molecule has 186 valence electrons. The number of unbranched alkanes of at least 4 members (excludes halogenated alkanes) is 6. The lowest BCUT2D eigenvalue weighted by Gasteiger charge is -2.38. The van der Waals surface area contributed by atoms with Gasteiger partial charge in [0.25, 0.3) is 0 Å². The maximum Gasteiger partial charge on any atom is 0.200 e. The van der Waals surface area contributed by atoms with Crippen LogP contribution in [0.3, 0.4) is 0 Å². The highest BCUT2D eigenvalue weighted by molar-refractivity contribution is 5.47. The number of benzene rings is 1. The summed E-state index contributed by atoms with van der Waals surface area (Å²) in [4.78, 5) is 0. The first-order valence-electron chi connectivity index (χ1n) is 11.6. The molecule has 1 atom stereocenters. The molecule has 0 saturated heterocycles. The topological polar surface area (TPSA) is 30.5 Å². The van der Waals surface area contributed by atoms with Crippen molar-refractivity contribution in [1.29, 1.82) is 0 Å². The van der Waals surface area contributed by atoms with Crippen molar-refractivity contribution in [1.82, 2.24) is 0 Å². The van der Waals surface area contributed by atoms with Crippen LogP contribution in [0.4, 0.5) is 27.6 Å². The summed E-state index contributed by atoms with van der Waals surface area (Å²) in [5.74, 6) is -10.3. The van der Waals surface area contributed by atoms with Crippen molar-refractivity contribution in [2.45, 2.75) is 90.3 Å². The van der Waals surface area contributed by atoms with E-state index < -0.39 is 40.6 Å². The van der Waals surface area contributed by atoms with Crippen LogP contribution in [0.25, 0.3) is 0 Å². The van der Waals surface area contributed by atoms with Crippen molar-refractivity contribution >= 4 is 5.69 Å². The minimum Gasteiger partial charge on any atom is -0.380 e. The summed E-state index contributed by atoms with van der Waals surface area (Å²) in [6, 6.07) is 0. The largest absolute Gasteiger partial charge is 0.380 e. The van der Waals surface area contributed by atoms with Crippen molar-refractivity contribution < 1.29 is 31.4 Å². The van der Waals surface area contributed by atoms with Crippen molar-refractivity contribution in [3.05, 3.63) is 29.1 Å². The highest BCUT2D eigenvalue weighted by Gasteiger charge is 2.36. The standard InChI is InChI=1S/C24H38F5NO2/c1-5-7-8-9-10-11-14-17(24(6-2,31-3)32-4)15-12-13-16-30-23-21(28)19(26)18(25)20(27)22(23)29/h17,30H,5-16H2,1-4H3. The van der Waals surface area contributed by atoms with Gasteiger partial charge in [-0.05, 0) is 25.7 Å². The molecule has 0 amide bonds. The van der Waals surface area contributed by atoms with E-state index in [4.69, 9.17) is 9.47 Å². The molecular formula is C24H38F5NO2. The smallest absolute Gasteiger partial charge is 0.200 e. The minimum absolute atomic E-state index is 0.0845. The lowest BCUT2D eigenvalue weighted by molar-refractivity contribution is -0.244. The van der Waals surface area contributed by atoms with Crippen LogP contribution < -0.4 is 5.32 Å². The van der Waals surface area contributed by atoms with E-state index in [1.54, 1.807) is 14.2 Å². The molecular weight excluding hydrogens is 429 g/mol. The predicted molar refractivity (Wildman–Crippen MR) is 117 cm³/mol. The Labute approximate surface area is 189 Å². The normalized spacial score (nSPS) is 12.9. The number of methoxy groups -OCH3 is 2. The fraction of sp³-hybridized carbons (Fsp3) is 0.750. The molecule has 0 aliphatic carbocycles. The van der Waals surface area contributed by atoms with E-state index in [0.29, 0.717) is 19.3 Å². The number of hydrogen-bond donors (Lipinski definition) is 1. The molecule has 0 aliphatic rings. The molecule has 0 heterocycles. The summed E-state index contributed by atoms with van der Waals surface area (Å²) in [6.45, 7) is 4.27. The van der Waals surface area contributed by atoms with Crippen LogP contribution in [0.2, 0.25) is 0 Å². The number of rotatable bonds is 17. The predicted octanol–water partition coefficient (Wildman–Crippen LogP) is 7.73. The van der Waals surface area contributed by atoms with E-state index in [9.17, 15) is 22.0 Å². The minimum atomic E-state index is -2.15. The fourth-order valence-corrected chi connectivity index (χ4v) is 4.24. The zero-order valence-electron chi connectivity index (χ0n) is 19.8. The van der Waals surface area contributed by atoms with Crippen LogP contribution in [0.1, 0.15) is 84.5 Å².